The molecule has 0 aliphatic rings. The first kappa shape index (κ1) is 13.0. The Kier molecular flexibility index (Phi) is 4.04. The van der Waals surface area contributed by atoms with E-state index in [9.17, 15) is 9.90 Å². The first-order chi connectivity index (χ1) is 9.13. The average Bonchev–Trinajstić information content (AvgIpc) is 2.75. The molecule has 4 N–H and O–H groups in total. The van der Waals surface area contributed by atoms with Crippen LogP contribution in [0.2, 0.25) is 0 Å². The molecule has 19 heavy (non-hydrogen) atoms. The van der Waals surface area contributed by atoms with E-state index in [1.54, 1.807) is 18.2 Å². The van der Waals surface area contributed by atoms with Crippen LogP contribution in [0, 0.1) is 0 Å². The van der Waals surface area contributed by atoms with E-state index in [-0.39, 0.29) is 18.1 Å². The molecule has 0 saturated carbocycles. The van der Waals surface area contributed by atoms with E-state index in [1.165, 1.54) is 12.3 Å². The highest BCUT2D eigenvalue weighted by Crippen LogP contribution is 2.11. The Hall–Kier alpha value is -2.48. The van der Waals surface area contributed by atoms with Gasteiger partial charge in [0.05, 0.1) is 12.6 Å². The number of amides is 1. The zero-order valence-corrected chi connectivity index (χ0v) is 10.6. The molecule has 1 aromatic heterocycles. The molecule has 0 bridgehead atoms. The second-order valence-electron chi connectivity index (χ2n) is 3.60. The topological polar surface area (TPSA) is 113 Å². The summed E-state index contributed by atoms with van der Waals surface area (Å²) in [6.45, 7) is 0. The molecule has 1 aromatic carbocycles. The molecule has 0 saturated heterocycles. The molecule has 0 aliphatic carbocycles. The highest BCUT2D eigenvalue weighted by Gasteiger charge is 2.06. The van der Waals surface area contributed by atoms with Crippen molar-refractivity contribution in [2.75, 3.05) is 5.73 Å². The van der Waals surface area contributed by atoms with Gasteiger partial charge in [-0.15, -0.1) is 10.2 Å². The number of nitrogens with zero attached hydrogens (tertiary/aromatic N) is 3. The van der Waals surface area contributed by atoms with Crippen molar-refractivity contribution in [1.82, 2.24) is 15.6 Å². The van der Waals surface area contributed by atoms with Gasteiger partial charge in [-0.05, 0) is 17.7 Å². The van der Waals surface area contributed by atoms with Crippen LogP contribution in [0.1, 0.15) is 10.6 Å². The van der Waals surface area contributed by atoms with Crippen LogP contribution in [0.4, 0.5) is 5.13 Å². The van der Waals surface area contributed by atoms with Gasteiger partial charge in [0.1, 0.15) is 10.8 Å². The Morgan fingerprint density at radius 1 is 1.53 bits per heavy atom. The first-order valence-electron chi connectivity index (χ1n) is 5.32. The zero-order chi connectivity index (χ0) is 13.7. The van der Waals surface area contributed by atoms with Crippen molar-refractivity contribution < 1.29 is 9.90 Å². The lowest BCUT2D eigenvalue weighted by molar-refractivity contribution is -0.120. The maximum Gasteiger partial charge on any atom is 0.247 e. The minimum Gasteiger partial charge on any atom is -0.508 e. The number of carbonyl (C=O) groups is 1. The number of benzene rings is 1. The van der Waals surface area contributed by atoms with Crippen LogP contribution in [-0.4, -0.2) is 27.4 Å². The molecule has 1 heterocycles. The number of anilines is 1. The molecule has 7 nitrogen and oxygen atoms in total. The molecule has 0 atom stereocenters. The smallest absolute Gasteiger partial charge is 0.247 e. The first-order valence-corrected chi connectivity index (χ1v) is 6.14. The van der Waals surface area contributed by atoms with Gasteiger partial charge in [-0.1, -0.05) is 23.5 Å². The number of nitrogens with two attached hydrogens (primary N) is 1. The van der Waals surface area contributed by atoms with Gasteiger partial charge in [0.25, 0.3) is 0 Å². The van der Waals surface area contributed by atoms with Gasteiger partial charge in [-0.3, -0.25) is 4.79 Å². The van der Waals surface area contributed by atoms with E-state index < -0.39 is 0 Å². The average molecular weight is 277 g/mol. The molecule has 2 rings (SSSR count). The number of carbonyl (C=O) groups excluding carboxylic acids is 1. The minimum absolute atomic E-state index is 0.0756. The Bertz CT molecular complexity index is 611. The molecule has 0 fully saturated rings. The molecular weight excluding hydrogens is 266 g/mol. The minimum atomic E-state index is -0.312. The van der Waals surface area contributed by atoms with Crippen molar-refractivity contribution >= 4 is 28.6 Å². The van der Waals surface area contributed by atoms with Crippen LogP contribution in [-0.2, 0) is 11.2 Å². The number of rotatable bonds is 4. The number of hydrogen-bond donors (Lipinski definition) is 3. The van der Waals surface area contributed by atoms with Crippen LogP contribution < -0.4 is 11.2 Å². The summed E-state index contributed by atoms with van der Waals surface area (Å²) in [5.74, 6) is -0.174. The third-order valence-electron chi connectivity index (χ3n) is 2.07. The van der Waals surface area contributed by atoms with E-state index in [2.05, 4.69) is 20.7 Å². The molecule has 0 spiro atoms. The predicted molar refractivity (Wildman–Crippen MR) is 71.9 cm³/mol. The number of phenols is 1. The van der Waals surface area contributed by atoms with Crippen molar-refractivity contribution in [3.05, 3.63) is 34.8 Å². The molecule has 98 valence electrons. The van der Waals surface area contributed by atoms with Crippen molar-refractivity contribution in [1.29, 1.82) is 0 Å². The molecule has 0 unspecified atom stereocenters. The molecular formula is C11H11N5O2S. The molecule has 8 heteroatoms. The van der Waals surface area contributed by atoms with Gasteiger partial charge >= 0.3 is 0 Å². The Morgan fingerprint density at radius 2 is 2.37 bits per heavy atom. The summed E-state index contributed by atoms with van der Waals surface area (Å²) in [5.41, 5.74) is 8.44. The summed E-state index contributed by atoms with van der Waals surface area (Å²) >= 11 is 1.16. The monoisotopic (exact) mass is 277 g/mol. The van der Waals surface area contributed by atoms with E-state index in [4.69, 9.17) is 5.73 Å². The number of hydrazone groups is 1. The summed E-state index contributed by atoms with van der Waals surface area (Å²) in [4.78, 5) is 11.5. The van der Waals surface area contributed by atoms with Crippen molar-refractivity contribution in [2.45, 2.75) is 6.42 Å². The molecule has 0 aliphatic heterocycles. The predicted octanol–water partition coefficient (Wildman–Crippen LogP) is 0.519. The van der Waals surface area contributed by atoms with Gasteiger partial charge in [0, 0.05) is 0 Å². The van der Waals surface area contributed by atoms with Gasteiger partial charge in [0.2, 0.25) is 11.0 Å². The number of phenolic OH excluding ortho intramolecular Hbond substituents is 1. The number of aromatic nitrogens is 2. The van der Waals surface area contributed by atoms with Crippen LogP contribution in [0.3, 0.4) is 0 Å². The second kappa shape index (κ2) is 5.91. The second-order valence-corrected chi connectivity index (χ2v) is 4.69. The summed E-state index contributed by atoms with van der Waals surface area (Å²) in [6.07, 6.45) is 1.51. The van der Waals surface area contributed by atoms with Gasteiger partial charge in [0.15, 0.2) is 0 Å². The number of nitrogen functional groups attached to an aromatic ring is 1. The summed E-state index contributed by atoms with van der Waals surface area (Å²) < 4.78 is 0. The van der Waals surface area contributed by atoms with E-state index in [1.807, 2.05) is 0 Å². The van der Waals surface area contributed by atoms with Gasteiger partial charge in [-0.2, -0.15) is 5.10 Å². The Balaban J connectivity index is 1.86. The molecule has 1 amide bonds. The van der Waals surface area contributed by atoms with Crippen molar-refractivity contribution in [3.8, 4) is 5.75 Å². The SMILES string of the molecule is Nc1nnc(CC(=O)N/N=C\c2cccc(O)c2)s1. The largest absolute Gasteiger partial charge is 0.508 e. The third kappa shape index (κ3) is 4.03. The van der Waals surface area contributed by atoms with Crippen LogP contribution in [0.15, 0.2) is 29.4 Å². The standard InChI is InChI=1S/C11H11N5O2S/c12-11-16-15-10(19-11)5-9(18)14-13-6-7-2-1-3-8(17)4-7/h1-4,6,17H,5H2,(H2,12,16)(H,14,18)/b13-6-. The Labute approximate surface area is 112 Å². The van der Waals surface area contributed by atoms with Crippen LogP contribution in [0.25, 0.3) is 0 Å². The number of aromatic hydroxyl groups is 1. The summed E-state index contributed by atoms with van der Waals surface area (Å²) in [7, 11) is 0. The highest BCUT2D eigenvalue weighted by atomic mass is 32.1. The fourth-order valence-electron chi connectivity index (χ4n) is 1.30. The molecule has 0 radical (unpaired) electrons. The third-order valence-corrected chi connectivity index (χ3v) is 2.82. The van der Waals surface area contributed by atoms with Gasteiger partial charge < -0.3 is 10.8 Å². The number of nitrogens with one attached hydrogen (secondary N) is 1. The lowest BCUT2D eigenvalue weighted by Gasteiger charge is -1.97. The molecule has 2 aromatic rings. The van der Waals surface area contributed by atoms with Crippen molar-refractivity contribution in [3.63, 3.8) is 0 Å². The fraction of sp³-hybridized carbons (Fsp3) is 0.0909. The Morgan fingerprint density at radius 3 is 3.05 bits per heavy atom. The quantitative estimate of drug-likeness (QED) is 0.557. The van der Waals surface area contributed by atoms with E-state index >= 15 is 0 Å². The van der Waals surface area contributed by atoms with Crippen molar-refractivity contribution in [2.24, 2.45) is 5.10 Å². The van der Waals surface area contributed by atoms with Crippen LogP contribution in [0.5, 0.6) is 5.75 Å². The highest BCUT2D eigenvalue weighted by molar-refractivity contribution is 7.15. The van der Waals surface area contributed by atoms with Crippen LogP contribution >= 0.6 is 11.3 Å². The maximum atomic E-state index is 11.5. The summed E-state index contributed by atoms with van der Waals surface area (Å²) in [6, 6.07) is 6.51. The van der Waals surface area contributed by atoms with E-state index in [0.29, 0.717) is 15.7 Å². The fourth-order valence-corrected chi connectivity index (χ4v) is 1.91. The van der Waals surface area contributed by atoms with Gasteiger partial charge in [-0.25, -0.2) is 5.43 Å². The lowest BCUT2D eigenvalue weighted by atomic mass is 10.2. The lowest BCUT2D eigenvalue weighted by Crippen LogP contribution is -2.19. The zero-order valence-electron chi connectivity index (χ0n) is 9.78. The number of hydrogen-bond acceptors (Lipinski definition) is 7. The van der Waals surface area contributed by atoms with E-state index in [0.717, 1.165) is 11.3 Å². The normalized spacial score (nSPS) is 10.7. The maximum absolute atomic E-state index is 11.5. The summed E-state index contributed by atoms with van der Waals surface area (Å²) in [5, 5.41) is 21.2.